The maximum absolute atomic E-state index is 15.7. The van der Waals surface area contributed by atoms with Crippen LogP contribution in [-0.4, -0.2) is 28.5 Å². The lowest BCUT2D eigenvalue weighted by Gasteiger charge is -2.39. The number of halogens is 1. The lowest BCUT2D eigenvalue weighted by molar-refractivity contribution is 0.101. The third kappa shape index (κ3) is 3.73. The highest BCUT2D eigenvalue weighted by molar-refractivity contribution is 6.04. The number of rotatable bonds is 6. The summed E-state index contributed by atoms with van der Waals surface area (Å²) in [4.78, 5) is 30.4. The van der Waals surface area contributed by atoms with Gasteiger partial charge in [-0.3, -0.25) is 14.6 Å². The summed E-state index contributed by atoms with van der Waals surface area (Å²) < 4.78 is 23.9. The summed E-state index contributed by atoms with van der Waals surface area (Å²) in [6.07, 6.45) is 6.83. The number of fused-ring (bicyclic) bond motifs is 2. The highest BCUT2D eigenvalue weighted by Crippen LogP contribution is 2.48. The molecule has 1 aliphatic carbocycles. The van der Waals surface area contributed by atoms with E-state index in [0.717, 1.165) is 48.7 Å². The predicted molar refractivity (Wildman–Crippen MR) is 148 cm³/mol. The second-order valence-corrected chi connectivity index (χ2v) is 10.7. The van der Waals surface area contributed by atoms with Crippen LogP contribution in [0.2, 0.25) is 0 Å². The lowest BCUT2D eigenvalue weighted by Crippen LogP contribution is -2.42. The standard InChI is InChI=1S/C30H31FN4O3/c1-17-14-19(34-22-10-4-3-9-20(17)22)8-7-13-33-26-24(31)25(32)23-27-29(26)38-16-30(11-5-6-12-30)35(27)15-21(18(2)36)28(23)37/h3-4,9-10,14-15,33H,5-8,11-13,16,32H2,1-2H3. The van der Waals surface area contributed by atoms with Crippen molar-refractivity contribution in [3.05, 3.63) is 69.4 Å². The van der Waals surface area contributed by atoms with E-state index in [9.17, 15) is 9.59 Å². The van der Waals surface area contributed by atoms with E-state index < -0.39 is 11.2 Å². The zero-order valence-electron chi connectivity index (χ0n) is 21.7. The molecular formula is C30H31FN4O3. The average Bonchev–Trinajstić information content (AvgIpc) is 3.37. The highest BCUT2D eigenvalue weighted by atomic mass is 19.1. The quantitative estimate of drug-likeness (QED) is 0.201. The van der Waals surface area contributed by atoms with Crippen LogP contribution >= 0.6 is 0 Å². The van der Waals surface area contributed by atoms with Crippen LogP contribution in [0.15, 0.2) is 41.3 Å². The van der Waals surface area contributed by atoms with E-state index in [4.69, 9.17) is 15.5 Å². The molecule has 0 unspecified atom stereocenters. The van der Waals surface area contributed by atoms with E-state index >= 15 is 4.39 Å². The fraction of sp³-hybridized carbons (Fsp3) is 0.367. The largest absolute Gasteiger partial charge is 0.487 e. The molecule has 2 aliphatic rings. The fourth-order valence-electron chi connectivity index (χ4n) is 6.20. The van der Waals surface area contributed by atoms with Crippen LogP contribution < -0.4 is 21.2 Å². The summed E-state index contributed by atoms with van der Waals surface area (Å²) >= 11 is 0. The Kier molecular flexibility index (Phi) is 5.85. The van der Waals surface area contributed by atoms with Crippen LogP contribution in [0.4, 0.5) is 15.8 Å². The number of nitrogens with one attached hydrogen (secondary N) is 1. The van der Waals surface area contributed by atoms with Crippen LogP contribution in [0.1, 0.15) is 60.6 Å². The molecule has 2 aromatic carbocycles. The Hall–Kier alpha value is -3.94. The van der Waals surface area contributed by atoms with Gasteiger partial charge in [-0.25, -0.2) is 4.39 Å². The zero-order chi connectivity index (χ0) is 26.6. The van der Waals surface area contributed by atoms with Gasteiger partial charge in [0, 0.05) is 23.8 Å². The number of hydrogen-bond acceptors (Lipinski definition) is 6. The number of anilines is 2. The Morgan fingerprint density at radius 1 is 1.26 bits per heavy atom. The normalized spacial score (nSPS) is 15.8. The predicted octanol–water partition coefficient (Wildman–Crippen LogP) is 5.49. The van der Waals surface area contributed by atoms with Crippen molar-refractivity contribution in [3.8, 4) is 5.75 Å². The highest BCUT2D eigenvalue weighted by Gasteiger charge is 2.42. The van der Waals surface area contributed by atoms with Crippen LogP contribution in [0.5, 0.6) is 5.75 Å². The van der Waals surface area contributed by atoms with Gasteiger partial charge in [-0.1, -0.05) is 31.0 Å². The molecule has 2 aromatic heterocycles. The molecule has 0 radical (unpaired) electrons. The Morgan fingerprint density at radius 3 is 2.79 bits per heavy atom. The Bertz CT molecular complexity index is 1670. The minimum atomic E-state index is -0.723. The molecule has 0 bridgehead atoms. The summed E-state index contributed by atoms with van der Waals surface area (Å²) in [6.45, 7) is 4.25. The number of nitrogens with two attached hydrogens (primary N) is 1. The molecule has 3 N–H and O–H groups in total. The number of nitrogen functional groups attached to an aromatic ring is 1. The third-order valence-electron chi connectivity index (χ3n) is 8.17. The van der Waals surface area contributed by atoms with Gasteiger partial charge >= 0.3 is 0 Å². The molecule has 0 saturated heterocycles. The molecule has 0 atom stereocenters. The Labute approximate surface area is 219 Å². The van der Waals surface area contributed by atoms with Gasteiger partial charge in [-0.2, -0.15) is 0 Å². The number of aryl methyl sites for hydroxylation is 2. The van der Waals surface area contributed by atoms with Crippen molar-refractivity contribution < 1.29 is 13.9 Å². The molecule has 4 aromatic rings. The van der Waals surface area contributed by atoms with Gasteiger partial charge in [0.15, 0.2) is 17.3 Å². The maximum atomic E-state index is 15.7. The molecule has 196 valence electrons. The summed E-state index contributed by atoms with van der Waals surface area (Å²) in [5, 5.41) is 4.36. The summed E-state index contributed by atoms with van der Waals surface area (Å²) in [5.74, 6) is -0.795. The number of pyridine rings is 2. The van der Waals surface area contributed by atoms with Crippen molar-refractivity contribution in [3.63, 3.8) is 0 Å². The van der Waals surface area contributed by atoms with Gasteiger partial charge in [-0.15, -0.1) is 0 Å². The number of ether oxygens (including phenoxy) is 1. The first-order valence-electron chi connectivity index (χ1n) is 13.2. The van der Waals surface area contributed by atoms with Crippen LogP contribution in [-0.2, 0) is 12.0 Å². The molecule has 6 rings (SSSR count). The molecule has 8 heteroatoms. The summed E-state index contributed by atoms with van der Waals surface area (Å²) in [6, 6.07) is 10.2. The molecule has 1 fully saturated rings. The van der Waals surface area contributed by atoms with Gasteiger partial charge < -0.3 is 20.4 Å². The monoisotopic (exact) mass is 514 g/mol. The SMILES string of the molecule is CC(=O)c1cn2c3c(c(NCCCc4cc(C)c5ccccc5n4)c(F)c(N)c3c1=O)OCC21CCCC1. The summed E-state index contributed by atoms with van der Waals surface area (Å²) in [7, 11) is 0. The minimum absolute atomic E-state index is 0.0255. The molecule has 38 heavy (non-hydrogen) atoms. The van der Waals surface area contributed by atoms with Gasteiger partial charge in [0.05, 0.1) is 33.2 Å². The number of carbonyl (C=O) groups is 1. The fourth-order valence-corrected chi connectivity index (χ4v) is 6.20. The van der Waals surface area contributed by atoms with E-state index in [2.05, 4.69) is 24.4 Å². The van der Waals surface area contributed by atoms with Crippen LogP contribution in [0.3, 0.4) is 0 Å². The van der Waals surface area contributed by atoms with Crippen LogP contribution in [0.25, 0.3) is 21.8 Å². The lowest BCUT2D eigenvalue weighted by atomic mass is 9.93. The van der Waals surface area contributed by atoms with E-state index in [-0.39, 0.29) is 39.4 Å². The molecule has 1 saturated carbocycles. The van der Waals surface area contributed by atoms with Gasteiger partial charge in [0.2, 0.25) is 5.43 Å². The summed E-state index contributed by atoms with van der Waals surface area (Å²) in [5.41, 5.74) is 8.86. The van der Waals surface area contributed by atoms with Crippen molar-refractivity contribution in [2.45, 2.75) is 57.9 Å². The van der Waals surface area contributed by atoms with Gasteiger partial charge in [0.1, 0.15) is 12.3 Å². The Morgan fingerprint density at radius 2 is 2.03 bits per heavy atom. The first kappa shape index (κ1) is 24.4. The van der Waals surface area contributed by atoms with Crippen LogP contribution in [0, 0.1) is 12.7 Å². The van der Waals surface area contributed by atoms with Gasteiger partial charge in [-0.05, 0) is 57.2 Å². The van der Waals surface area contributed by atoms with E-state index in [1.165, 1.54) is 12.5 Å². The second kappa shape index (κ2) is 9.11. The minimum Gasteiger partial charge on any atom is -0.487 e. The van der Waals surface area contributed by atoms with E-state index in [1.54, 1.807) is 6.20 Å². The third-order valence-corrected chi connectivity index (χ3v) is 8.17. The van der Waals surface area contributed by atoms with Crippen molar-refractivity contribution in [2.24, 2.45) is 0 Å². The smallest absolute Gasteiger partial charge is 0.202 e. The van der Waals surface area contributed by atoms with Crippen molar-refractivity contribution >= 4 is 39.0 Å². The zero-order valence-corrected chi connectivity index (χ0v) is 21.7. The van der Waals surface area contributed by atoms with E-state index in [1.807, 2.05) is 22.8 Å². The Balaban J connectivity index is 1.35. The second-order valence-electron chi connectivity index (χ2n) is 10.7. The topological polar surface area (TPSA) is 99.2 Å². The first-order valence-corrected chi connectivity index (χ1v) is 13.2. The number of Topliss-reactive ketones (excluding diaryl/α,β-unsaturated/α-hetero) is 1. The maximum Gasteiger partial charge on any atom is 0.202 e. The molecule has 3 heterocycles. The number of para-hydroxylation sites is 1. The van der Waals surface area contributed by atoms with Crippen molar-refractivity contribution in [1.82, 2.24) is 9.55 Å². The van der Waals surface area contributed by atoms with E-state index in [0.29, 0.717) is 25.1 Å². The molecule has 1 aliphatic heterocycles. The number of nitrogens with zero attached hydrogens (tertiary/aromatic N) is 2. The van der Waals surface area contributed by atoms with Crippen molar-refractivity contribution in [2.75, 3.05) is 24.2 Å². The molecule has 0 amide bonds. The first-order chi connectivity index (χ1) is 18.3. The number of ketones is 1. The van der Waals surface area contributed by atoms with Crippen molar-refractivity contribution in [1.29, 1.82) is 0 Å². The molecule has 1 spiro atoms. The average molecular weight is 515 g/mol. The number of aromatic nitrogens is 2. The molecule has 7 nitrogen and oxygen atoms in total. The number of benzene rings is 2. The number of hydrogen-bond donors (Lipinski definition) is 2. The molecular weight excluding hydrogens is 483 g/mol. The number of carbonyl (C=O) groups excluding carboxylic acids is 1. The van der Waals surface area contributed by atoms with Gasteiger partial charge in [0.25, 0.3) is 0 Å².